The maximum Gasteiger partial charge on any atom is 0.0500 e. The van der Waals surface area contributed by atoms with Gasteiger partial charge >= 0.3 is 0 Å². The molecule has 1 atom stereocenters. The molecule has 2 aromatic carbocycles. The van der Waals surface area contributed by atoms with Crippen molar-refractivity contribution in [1.82, 2.24) is 5.43 Å². The fourth-order valence-corrected chi connectivity index (χ4v) is 3.32. The summed E-state index contributed by atoms with van der Waals surface area (Å²) in [4.78, 5) is 0. The summed E-state index contributed by atoms with van der Waals surface area (Å²) in [5.74, 6) is 5.84. The van der Waals surface area contributed by atoms with Gasteiger partial charge in [-0.25, -0.2) is 0 Å². The Bertz CT molecular complexity index is 646. The number of benzene rings is 2. The molecule has 0 saturated heterocycles. The van der Waals surface area contributed by atoms with Crippen LogP contribution in [0.2, 0.25) is 0 Å². The van der Waals surface area contributed by atoms with Gasteiger partial charge in [0.1, 0.15) is 0 Å². The highest BCUT2D eigenvalue weighted by atomic mass is 15.2. The predicted molar refractivity (Wildman–Crippen MR) is 88.2 cm³/mol. The Balaban J connectivity index is 1.86. The molecule has 0 aliphatic heterocycles. The molecule has 2 heteroatoms. The fourth-order valence-electron chi connectivity index (χ4n) is 3.32. The maximum atomic E-state index is 5.84. The molecule has 3 N–H and O–H groups in total. The van der Waals surface area contributed by atoms with E-state index in [0.717, 1.165) is 6.42 Å². The zero-order chi connectivity index (χ0) is 14.8. The van der Waals surface area contributed by atoms with Gasteiger partial charge in [0.05, 0.1) is 0 Å². The summed E-state index contributed by atoms with van der Waals surface area (Å²) < 4.78 is 0. The van der Waals surface area contributed by atoms with Gasteiger partial charge in [0.25, 0.3) is 0 Å². The summed E-state index contributed by atoms with van der Waals surface area (Å²) in [5.41, 5.74) is 11.3. The van der Waals surface area contributed by atoms with Gasteiger partial charge < -0.3 is 0 Å². The molecular weight excluding hydrogens is 256 g/mol. The quantitative estimate of drug-likeness (QED) is 0.664. The average Bonchev–Trinajstić information content (AvgIpc) is 2.95. The molecule has 0 bridgehead atoms. The second-order valence-corrected chi connectivity index (χ2v) is 6.24. The lowest BCUT2D eigenvalue weighted by Gasteiger charge is -2.19. The van der Waals surface area contributed by atoms with Gasteiger partial charge in [0.15, 0.2) is 0 Å². The zero-order valence-electron chi connectivity index (χ0n) is 12.9. The minimum absolute atomic E-state index is 0.177. The highest BCUT2D eigenvalue weighted by Gasteiger charge is 2.16. The Labute approximate surface area is 127 Å². The van der Waals surface area contributed by atoms with E-state index < -0.39 is 0 Å². The SMILES string of the molecule is Cc1ccc(C)c(CC(NN)c2ccc3c(c2)CCC3)c1. The number of fused-ring (bicyclic) bond motifs is 1. The largest absolute Gasteiger partial charge is 0.271 e. The van der Waals surface area contributed by atoms with Crippen LogP contribution in [0.5, 0.6) is 0 Å². The van der Waals surface area contributed by atoms with Gasteiger partial charge in [-0.15, -0.1) is 0 Å². The van der Waals surface area contributed by atoms with E-state index >= 15 is 0 Å². The third kappa shape index (κ3) is 3.02. The minimum atomic E-state index is 0.177. The molecule has 1 aliphatic rings. The number of hydrazine groups is 1. The van der Waals surface area contributed by atoms with Crippen LogP contribution in [0.3, 0.4) is 0 Å². The number of aryl methyl sites for hydroxylation is 4. The minimum Gasteiger partial charge on any atom is -0.271 e. The third-order valence-electron chi connectivity index (χ3n) is 4.65. The van der Waals surface area contributed by atoms with Crippen LogP contribution >= 0.6 is 0 Å². The Morgan fingerprint density at radius 2 is 1.86 bits per heavy atom. The van der Waals surface area contributed by atoms with Crippen molar-refractivity contribution in [1.29, 1.82) is 0 Å². The van der Waals surface area contributed by atoms with Gasteiger partial charge in [-0.1, -0.05) is 42.0 Å². The molecule has 1 aliphatic carbocycles. The van der Waals surface area contributed by atoms with Gasteiger partial charge in [0, 0.05) is 6.04 Å². The molecule has 0 radical (unpaired) electrons. The van der Waals surface area contributed by atoms with Crippen LogP contribution in [0.1, 0.15) is 45.8 Å². The molecule has 21 heavy (non-hydrogen) atoms. The van der Waals surface area contributed by atoms with Crippen molar-refractivity contribution >= 4 is 0 Å². The molecule has 2 nitrogen and oxygen atoms in total. The Kier molecular flexibility index (Phi) is 4.09. The molecule has 0 fully saturated rings. The van der Waals surface area contributed by atoms with Gasteiger partial charge in [0.2, 0.25) is 0 Å². The van der Waals surface area contributed by atoms with Crippen molar-refractivity contribution < 1.29 is 0 Å². The van der Waals surface area contributed by atoms with Gasteiger partial charge in [-0.05, 0) is 67.3 Å². The average molecular weight is 280 g/mol. The molecule has 3 rings (SSSR count). The molecule has 0 heterocycles. The smallest absolute Gasteiger partial charge is 0.0500 e. The maximum absolute atomic E-state index is 5.84. The van der Waals surface area contributed by atoms with E-state index in [1.165, 1.54) is 52.6 Å². The summed E-state index contributed by atoms with van der Waals surface area (Å²) in [5, 5.41) is 0. The highest BCUT2D eigenvalue weighted by Crippen LogP contribution is 2.27. The summed E-state index contributed by atoms with van der Waals surface area (Å²) in [6.07, 6.45) is 4.66. The molecule has 0 aromatic heterocycles. The van der Waals surface area contributed by atoms with Crippen LogP contribution in [0, 0.1) is 13.8 Å². The second kappa shape index (κ2) is 6.00. The van der Waals surface area contributed by atoms with Crippen molar-refractivity contribution in [2.45, 2.75) is 45.6 Å². The van der Waals surface area contributed by atoms with Crippen LogP contribution < -0.4 is 11.3 Å². The Hall–Kier alpha value is -1.64. The van der Waals surface area contributed by atoms with E-state index in [-0.39, 0.29) is 6.04 Å². The lowest BCUT2D eigenvalue weighted by Crippen LogP contribution is -2.29. The number of hydrogen-bond acceptors (Lipinski definition) is 2. The van der Waals surface area contributed by atoms with E-state index in [2.05, 4.69) is 55.7 Å². The lowest BCUT2D eigenvalue weighted by molar-refractivity contribution is 0.550. The standard InChI is InChI=1S/C19H24N2/c1-13-6-7-14(2)18(10-13)12-19(21-20)17-9-8-15-4-3-5-16(15)11-17/h6-11,19,21H,3-5,12,20H2,1-2H3. The molecule has 110 valence electrons. The number of nitrogens with one attached hydrogen (secondary N) is 1. The van der Waals surface area contributed by atoms with E-state index in [1.807, 2.05) is 0 Å². The van der Waals surface area contributed by atoms with Gasteiger partial charge in [-0.3, -0.25) is 11.3 Å². The molecular formula is C19H24N2. The molecule has 0 amide bonds. The number of hydrogen-bond donors (Lipinski definition) is 2. The zero-order valence-corrected chi connectivity index (χ0v) is 12.9. The van der Waals surface area contributed by atoms with E-state index in [0.29, 0.717) is 0 Å². The Morgan fingerprint density at radius 1 is 1.05 bits per heavy atom. The van der Waals surface area contributed by atoms with E-state index in [1.54, 1.807) is 0 Å². The molecule has 0 spiro atoms. The first-order valence-electron chi connectivity index (χ1n) is 7.81. The summed E-state index contributed by atoms with van der Waals surface area (Å²) in [6.45, 7) is 4.31. The van der Waals surface area contributed by atoms with Crippen molar-refractivity contribution in [3.63, 3.8) is 0 Å². The second-order valence-electron chi connectivity index (χ2n) is 6.24. The van der Waals surface area contributed by atoms with Crippen LogP contribution in [0.25, 0.3) is 0 Å². The summed E-state index contributed by atoms with van der Waals surface area (Å²) in [6, 6.07) is 13.7. The van der Waals surface area contributed by atoms with Crippen molar-refractivity contribution in [3.05, 3.63) is 69.8 Å². The molecule has 2 aromatic rings. The summed E-state index contributed by atoms with van der Waals surface area (Å²) in [7, 11) is 0. The normalized spacial score (nSPS) is 15.0. The summed E-state index contributed by atoms with van der Waals surface area (Å²) >= 11 is 0. The van der Waals surface area contributed by atoms with Crippen LogP contribution in [0.15, 0.2) is 36.4 Å². The fraction of sp³-hybridized carbons (Fsp3) is 0.368. The van der Waals surface area contributed by atoms with Crippen molar-refractivity contribution in [3.8, 4) is 0 Å². The highest BCUT2D eigenvalue weighted by molar-refractivity contribution is 5.38. The van der Waals surface area contributed by atoms with Crippen LogP contribution in [-0.2, 0) is 19.3 Å². The van der Waals surface area contributed by atoms with E-state index in [9.17, 15) is 0 Å². The third-order valence-corrected chi connectivity index (χ3v) is 4.65. The predicted octanol–water partition coefficient (Wildman–Crippen LogP) is 3.54. The molecule has 0 saturated carbocycles. The monoisotopic (exact) mass is 280 g/mol. The first-order chi connectivity index (χ1) is 10.2. The molecule has 1 unspecified atom stereocenters. The Morgan fingerprint density at radius 3 is 2.67 bits per heavy atom. The van der Waals surface area contributed by atoms with Crippen LogP contribution in [0.4, 0.5) is 0 Å². The number of rotatable bonds is 4. The first-order valence-corrected chi connectivity index (χ1v) is 7.81. The van der Waals surface area contributed by atoms with Crippen LogP contribution in [-0.4, -0.2) is 0 Å². The van der Waals surface area contributed by atoms with Crippen molar-refractivity contribution in [2.24, 2.45) is 5.84 Å². The van der Waals surface area contributed by atoms with Crippen molar-refractivity contribution in [2.75, 3.05) is 0 Å². The number of nitrogens with two attached hydrogens (primary N) is 1. The topological polar surface area (TPSA) is 38.0 Å². The van der Waals surface area contributed by atoms with E-state index in [4.69, 9.17) is 5.84 Å². The van der Waals surface area contributed by atoms with Gasteiger partial charge in [-0.2, -0.15) is 0 Å². The lowest BCUT2D eigenvalue weighted by atomic mass is 9.93. The first kappa shape index (κ1) is 14.3.